The van der Waals surface area contributed by atoms with Crippen molar-refractivity contribution in [2.75, 3.05) is 18.9 Å². The van der Waals surface area contributed by atoms with Gasteiger partial charge in [0.25, 0.3) is 0 Å². The van der Waals surface area contributed by atoms with Gasteiger partial charge in [0.1, 0.15) is 5.52 Å². The van der Waals surface area contributed by atoms with Crippen LogP contribution in [0.2, 0.25) is 0 Å². The molecule has 0 radical (unpaired) electrons. The fourth-order valence-corrected chi connectivity index (χ4v) is 2.27. The Morgan fingerprint density at radius 3 is 2.67 bits per heavy atom. The van der Waals surface area contributed by atoms with Gasteiger partial charge in [-0.3, -0.25) is 9.59 Å². The number of rotatable bonds is 8. The predicted molar refractivity (Wildman–Crippen MR) is 85.7 cm³/mol. The van der Waals surface area contributed by atoms with Gasteiger partial charge in [-0.05, 0) is 18.8 Å². The van der Waals surface area contributed by atoms with E-state index in [-0.39, 0.29) is 30.4 Å². The van der Waals surface area contributed by atoms with Gasteiger partial charge < -0.3 is 19.8 Å². The lowest BCUT2D eigenvalue weighted by Gasteiger charge is -2.16. The SMILES string of the molecule is CC(=O)OCCC(CCn1cnc2cnc(N)nc21)COC(C)=O. The molecule has 2 heterocycles. The van der Waals surface area contributed by atoms with Crippen LogP contribution in [-0.2, 0) is 25.6 Å². The van der Waals surface area contributed by atoms with Gasteiger partial charge in [0, 0.05) is 20.4 Å². The summed E-state index contributed by atoms with van der Waals surface area (Å²) in [6.45, 7) is 3.93. The third-order valence-electron chi connectivity index (χ3n) is 3.51. The summed E-state index contributed by atoms with van der Waals surface area (Å²) >= 11 is 0. The van der Waals surface area contributed by atoms with Crippen LogP contribution in [-0.4, -0.2) is 44.7 Å². The summed E-state index contributed by atoms with van der Waals surface area (Å²) in [6.07, 6.45) is 4.57. The van der Waals surface area contributed by atoms with Crippen LogP contribution in [0.3, 0.4) is 0 Å². The zero-order valence-corrected chi connectivity index (χ0v) is 13.8. The van der Waals surface area contributed by atoms with Gasteiger partial charge in [-0.1, -0.05) is 0 Å². The van der Waals surface area contributed by atoms with Crippen molar-refractivity contribution in [3.63, 3.8) is 0 Å². The molecule has 0 aromatic carbocycles. The molecule has 24 heavy (non-hydrogen) atoms. The van der Waals surface area contributed by atoms with Gasteiger partial charge >= 0.3 is 11.9 Å². The van der Waals surface area contributed by atoms with E-state index in [0.29, 0.717) is 37.2 Å². The van der Waals surface area contributed by atoms with E-state index in [1.165, 1.54) is 13.8 Å². The van der Waals surface area contributed by atoms with Crippen molar-refractivity contribution in [1.29, 1.82) is 0 Å². The van der Waals surface area contributed by atoms with Crippen molar-refractivity contribution in [2.24, 2.45) is 5.92 Å². The van der Waals surface area contributed by atoms with Gasteiger partial charge in [0.05, 0.1) is 25.7 Å². The topological polar surface area (TPSA) is 122 Å². The monoisotopic (exact) mass is 335 g/mol. The molecule has 1 atom stereocenters. The quantitative estimate of drug-likeness (QED) is 0.707. The van der Waals surface area contributed by atoms with E-state index in [2.05, 4.69) is 15.0 Å². The number of imidazole rings is 1. The van der Waals surface area contributed by atoms with E-state index < -0.39 is 0 Å². The lowest BCUT2D eigenvalue weighted by atomic mass is 10.0. The Kier molecular flexibility index (Phi) is 6.05. The van der Waals surface area contributed by atoms with Crippen LogP contribution in [0.1, 0.15) is 26.7 Å². The van der Waals surface area contributed by atoms with Gasteiger partial charge in [-0.2, -0.15) is 4.98 Å². The second-order valence-electron chi connectivity index (χ2n) is 5.46. The number of fused-ring (bicyclic) bond motifs is 1. The summed E-state index contributed by atoms with van der Waals surface area (Å²) in [5, 5.41) is 0. The maximum Gasteiger partial charge on any atom is 0.302 e. The first-order valence-corrected chi connectivity index (χ1v) is 7.65. The zero-order valence-electron chi connectivity index (χ0n) is 13.8. The predicted octanol–water partition coefficient (Wildman–Crippen LogP) is 0.931. The molecule has 9 nitrogen and oxygen atoms in total. The van der Waals surface area contributed by atoms with E-state index in [1.54, 1.807) is 12.5 Å². The molecular weight excluding hydrogens is 314 g/mol. The van der Waals surface area contributed by atoms with Crippen molar-refractivity contribution >= 4 is 29.1 Å². The Morgan fingerprint density at radius 2 is 1.96 bits per heavy atom. The number of nitrogens with zero attached hydrogens (tertiary/aromatic N) is 4. The summed E-state index contributed by atoms with van der Waals surface area (Å²) in [7, 11) is 0. The Labute approximate surface area is 139 Å². The highest BCUT2D eigenvalue weighted by atomic mass is 16.5. The molecule has 2 N–H and O–H groups in total. The minimum absolute atomic E-state index is 0.0601. The number of carbonyl (C=O) groups excluding carboxylic acids is 2. The van der Waals surface area contributed by atoms with Crippen LogP contribution in [0.4, 0.5) is 5.95 Å². The van der Waals surface area contributed by atoms with Gasteiger partial charge in [0.2, 0.25) is 5.95 Å². The molecular formula is C15H21N5O4. The van der Waals surface area contributed by atoms with Crippen LogP contribution in [0.5, 0.6) is 0 Å². The number of hydrogen-bond donors (Lipinski definition) is 1. The molecule has 9 heteroatoms. The van der Waals surface area contributed by atoms with Gasteiger partial charge in [-0.25, -0.2) is 9.97 Å². The highest BCUT2D eigenvalue weighted by Gasteiger charge is 2.13. The zero-order chi connectivity index (χ0) is 17.5. The number of nitrogen functional groups attached to an aromatic ring is 1. The molecule has 0 saturated heterocycles. The molecule has 2 aromatic heterocycles. The standard InChI is InChI=1S/C15H21N5O4/c1-10(21)23-6-4-12(8-24-11(2)22)3-5-20-9-18-13-7-17-15(16)19-14(13)20/h7,9,12H,3-6,8H2,1-2H3,(H2,16,17,19). The molecule has 2 aromatic rings. The molecule has 0 bridgehead atoms. The van der Waals surface area contributed by atoms with Crippen LogP contribution in [0.15, 0.2) is 12.5 Å². The highest BCUT2D eigenvalue weighted by Crippen LogP contribution is 2.15. The first-order valence-electron chi connectivity index (χ1n) is 7.65. The van der Waals surface area contributed by atoms with Crippen molar-refractivity contribution in [3.8, 4) is 0 Å². The number of anilines is 1. The molecule has 0 aliphatic heterocycles. The molecule has 0 saturated carbocycles. The van der Waals surface area contributed by atoms with Crippen LogP contribution in [0.25, 0.3) is 11.2 Å². The molecule has 0 aliphatic carbocycles. The number of aromatic nitrogens is 4. The molecule has 130 valence electrons. The molecule has 0 spiro atoms. The van der Waals surface area contributed by atoms with Crippen LogP contribution < -0.4 is 5.73 Å². The lowest BCUT2D eigenvalue weighted by molar-refractivity contribution is -0.145. The second kappa shape index (κ2) is 8.23. The highest BCUT2D eigenvalue weighted by molar-refractivity contribution is 5.70. The number of ether oxygens (including phenoxy) is 2. The lowest BCUT2D eigenvalue weighted by Crippen LogP contribution is -2.17. The Bertz CT molecular complexity index is 715. The maximum absolute atomic E-state index is 11.0. The van der Waals surface area contributed by atoms with E-state index in [1.807, 2.05) is 4.57 Å². The number of esters is 2. The van der Waals surface area contributed by atoms with Crippen LogP contribution in [0, 0.1) is 5.92 Å². The number of carbonyl (C=O) groups is 2. The average molecular weight is 335 g/mol. The normalized spacial score (nSPS) is 12.1. The summed E-state index contributed by atoms with van der Waals surface area (Å²) in [5.41, 5.74) is 6.94. The molecule has 0 amide bonds. The van der Waals surface area contributed by atoms with E-state index in [9.17, 15) is 9.59 Å². The molecule has 1 unspecified atom stereocenters. The second-order valence-corrected chi connectivity index (χ2v) is 5.46. The molecule has 0 aliphatic rings. The van der Waals surface area contributed by atoms with Gasteiger partial charge in [0.15, 0.2) is 5.65 Å². The van der Waals surface area contributed by atoms with E-state index in [0.717, 1.165) is 0 Å². The van der Waals surface area contributed by atoms with Crippen molar-refractivity contribution in [3.05, 3.63) is 12.5 Å². The van der Waals surface area contributed by atoms with Crippen molar-refractivity contribution in [1.82, 2.24) is 19.5 Å². The maximum atomic E-state index is 11.0. The summed E-state index contributed by atoms with van der Waals surface area (Å²) in [5.74, 6) is -0.407. The average Bonchev–Trinajstić information content (AvgIpc) is 2.91. The third-order valence-corrected chi connectivity index (χ3v) is 3.51. The Balaban J connectivity index is 1.97. The number of hydrogen-bond acceptors (Lipinski definition) is 8. The Hall–Kier alpha value is -2.71. The van der Waals surface area contributed by atoms with Crippen molar-refractivity contribution in [2.45, 2.75) is 33.2 Å². The summed E-state index contributed by atoms with van der Waals surface area (Å²) < 4.78 is 11.9. The van der Waals surface area contributed by atoms with E-state index >= 15 is 0 Å². The molecule has 0 fully saturated rings. The first-order chi connectivity index (χ1) is 11.5. The van der Waals surface area contributed by atoms with Crippen LogP contribution >= 0.6 is 0 Å². The smallest absolute Gasteiger partial charge is 0.302 e. The first kappa shape index (κ1) is 17.6. The fraction of sp³-hybridized carbons (Fsp3) is 0.533. The van der Waals surface area contributed by atoms with E-state index in [4.69, 9.17) is 15.2 Å². The fourth-order valence-electron chi connectivity index (χ4n) is 2.27. The summed E-state index contributed by atoms with van der Waals surface area (Å²) in [4.78, 5) is 34.2. The number of nitrogens with two attached hydrogens (primary N) is 1. The largest absolute Gasteiger partial charge is 0.466 e. The minimum Gasteiger partial charge on any atom is -0.466 e. The summed E-state index contributed by atoms with van der Waals surface area (Å²) in [6, 6.07) is 0. The van der Waals surface area contributed by atoms with Gasteiger partial charge in [-0.15, -0.1) is 0 Å². The number of aryl methyl sites for hydroxylation is 1. The van der Waals surface area contributed by atoms with Crippen molar-refractivity contribution < 1.29 is 19.1 Å². The Morgan fingerprint density at radius 1 is 1.21 bits per heavy atom. The minimum atomic E-state index is -0.332. The third kappa shape index (κ3) is 5.18. The molecule has 2 rings (SSSR count).